The zero-order valence-corrected chi connectivity index (χ0v) is 13.0. The number of hydrogen-bond acceptors (Lipinski definition) is 4. The van der Waals surface area contributed by atoms with Crippen LogP contribution in [0.2, 0.25) is 5.02 Å². The van der Waals surface area contributed by atoms with Gasteiger partial charge in [-0.15, -0.1) is 0 Å². The van der Waals surface area contributed by atoms with Gasteiger partial charge in [-0.3, -0.25) is 5.43 Å². The summed E-state index contributed by atoms with van der Waals surface area (Å²) >= 11 is 11.4. The molecule has 0 saturated heterocycles. The fraction of sp³-hybridized carbons (Fsp3) is 0.125. The van der Waals surface area contributed by atoms with E-state index in [1.165, 1.54) is 0 Å². The van der Waals surface area contributed by atoms with Crippen LogP contribution in [0.15, 0.2) is 41.5 Å². The van der Waals surface area contributed by atoms with Crippen molar-refractivity contribution in [2.45, 2.75) is 6.42 Å². The predicted molar refractivity (Wildman–Crippen MR) is 89.1 cm³/mol. The van der Waals surface area contributed by atoms with Gasteiger partial charge in [0.2, 0.25) is 6.79 Å². The molecule has 0 aromatic heterocycles. The van der Waals surface area contributed by atoms with Crippen molar-refractivity contribution in [3.63, 3.8) is 0 Å². The van der Waals surface area contributed by atoms with Crippen molar-refractivity contribution in [3.8, 4) is 11.5 Å². The third-order valence-electron chi connectivity index (χ3n) is 3.60. The van der Waals surface area contributed by atoms with E-state index in [-0.39, 0.29) is 6.79 Å². The van der Waals surface area contributed by atoms with Crippen molar-refractivity contribution in [2.75, 3.05) is 6.79 Å². The van der Waals surface area contributed by atoms with Gasteiger partial charge >= 0.3 is 0 Å². The Labute approximate surface area is 137 Å². The number of fused-ring (bicyclic) bond motifs is 2. The molecule has 2 heterocycles. The Kier molecular flexibility index (Phi) is 3.24. The van der Waals surface area contributed by atoms with Gasteiger partial charge in [0, 0.05) is 22.6 Å². The molecule has 2 aliphatic rings. The van der Waals surface area contributed by atoms with Crippen molar-refractivity contribution < 1.29 is 9.47 Å². The van der Waals surface area contributed by atoms with Crippen molar-refractivity contribution in [3.05, 3.63) is 58.1 Å². The molecule has 1 N–H and O–H groups in total. The van der Waals surface area contributed by atoms with Crippen LogP contribution in [0.4, 0.5) is 0 Å². The first-order valence-corrected chi connectivity index (χ1v) is 7.55. The third-order valence-corrected chi connectivity index (χ3v) is 4.07. The number of nitrogens with zero attached hydrogens (tertiary/aromatic N) is 1. The van der Waals surface area contributed by atoms with Gasteiger partial charge in [0.15, 0.2) is 11.5 Å². The summed E-state index contributed by atoms with van der Waals surface area (Å²) < 4.78 is 10.9. The maximum absolute atomic E-state index is 6.11. The molecule has 0 spiro atoms. The van der Waals surface area contributed by atoms with E-state index >= 15 is 0 Å². The summed E-state index contributed by atoms with van der Waals surface area (Å²) in [6, 6.07) is 11.5. The van der Waals surface area contributed by atoms with Crippen LogP contribution in [-0.4, -0.2) is 17.5 Å². The molecule has 22 heavy (non-hydrogen) atoms. The van der Waals surface area contributed by atoms with Gasteiger partial charge in [-0.1, -0.05) is 36.0 Å². The highest BCUT2D eigenvalue weighted by molar-refractivity contribution is 7.80. The molecule has 0 unspecified atom stereocenters. The van der Waals surface area contributed by atoms with Gasteiger partial charge in [-0.2, -0.15) is 5.10 Å². The molecule has 2 aromatic rings. The van der Waals surface area contributed by atoms with Gasteiger partial charge < -0.3 is 9.47 Å². The fourth-order valence-electron chi connectivity index (χ4n) is 2.60. The molecule has 0 bridgehead atoms. The molecule has 0 atom stereocenters. The lowest BCUT2D eigenvalue weighted by Gasteiger charge is -2.10. The zero-order valence-electron chi connectivity index (χ0n) is 11.4. The van der Waals surface area contributed by atoms with Crippen molar-refractivity contribution in [1.82, 2.24) is 5.43 Å². The largest absolute Gasteiger partial charge is 0.454 e. The van der Waals surface area contributed by atoms with E-state index in [0.717, 1.165) is 33.9 Å². The van der Waals surface area contributed by atoms with Crippen LogP contribution in [0.5, 0.6) is 11.5 Å². The maximum Gasteiger partial charge on any atom is 0.231 e. The molecule has 6 heteroatoms. The SMILES string of the molecule is S=C1Cc2cc3c(cc2C(c2cccc(Cl)c2)=NN1)OCO3. The molecule has 2 aliphatic heterocycles. The predicted octanol–water partition coefficient (Wildman–Crippen LogP) is 3.29. The lowest BCUT2D eigenvalue weighted by Crippen LogP contribution is -2.16. The number of hydrogen-bond donors (Lipinski definition) is 1. The zero-order chi connectivity index (χ0) is 15.1. The van der Waals surface area contributed by atoms with E-state index < -0.39 is 0 Å². The summed E-state index contributed by atoms with van der Waals surface area (Å²) in [5.41, 5.74) is 6.66. The summed E-state index contributed by atoms with van der Waals surface area (Å²) in [6.45, 7) is 0.241. The summed E-state index contributed by atoms with van der Waals surface area (Å²) in [6.07, 6.45) is 0.606. The molecule has 4 nitrogen and oxygen atoms in total. The second kappa shape index (κ2) is 5.26. The quantitative estimate of drug-likeness (QED) is 0.815. The van der Waals surface area contributed by atoms with Crippen molar-refractivity contribution >= 4 is 34.5 Å². The van der Waals surface area contributed by atoms with Gasteiger partial charge in [-0.25, -0.2) is 0 Å². The van der Waals surface area contributed by atoms with E-state index in [0.29, 0.717) is 16.4 Å². The van der Waals surface area contributed by atoms with E-state index in [4.69, 9.17) is 33.3 Å². The number of ether oxygens (including phenoxy) is 2. The van der Waals surface area contributed by atoms with Crippen LogP contribution in [0, 0.1) is 0 Å². The van der Waals surface area contributed by atoms with E-state index in [1.807, 2.05) is 36.4 Å². The maximum atomic E-state index is 6.11. The molecule has 4 rings (SSSR count). The van der Waals surface area contributed by atoms with Crippen LogP contribution in [0.3, 0.4) is 0 Å². The average molecular weight is 331 g/mol. The monoisotopic (exact) mass is 330 g/mol. The molecule has 2 aromatic carbocycles. The number of nitrogens with one attached hydrogen (secondary N) is 1. The summed E-state index contributed by atoms with van der Waals surface area (Å²) in [5, 5.41) is 5.11. The molecular formula is C16H11ClN2O2S. The molecule has 0 fully saturated rings. The Morgan fingerprint density at radius 1 is 1.14 bits per heavy atom. The first kappa shape index (κ1) is 13.5. The minimum Gasteiger partial charge on any atom is -0.454 e. The summed E-state index contributed by atoms with van der Waals surface area (Å²) in [7, 11) is 0. The topological polar surface area (TPSA) is 42.9 Å². The van der Waals surface area contributed by atoms with E-state index in [1.54, 1.807) is 0 Å². The molecular weight excluding hydrogens is 320 g/mol. The highest BCUT2D eigenvalue weighted by atomic mass is 35.5. The average Bonchev–Trinajstić information content (AvgIpc) is 2.88. The Hall–Kier alpha value is -2.11. The van der Waals surface area contributed by atoms with Crippen molar-refractivity contribution in [2.24, 2.45) is 5.10 Å². The van der Waals surface area contributed by atoms with Crippen LogP contribution in [0.25, 0.3) is 0 Å². The highest BCUT2D eigenvalue weighted by Gasteiger charge is 2.23. The molecule has 0 aliphatic carbocycles. The number of hydrazone groups is 1. The number of halogens is 1. The Morgan fingerprint density at radius 3 is 2.77 bits per heavy atom. The summed E-state index contributed by atoms with van der Waals surface area (Å²) in [4.78, 5) is 0.664. The first-order valence-electron chi connectivity index (χ1n) is 6.76. The molecule has 0 amide bonds. The van der Waals surface area contributed by atoms with Gasteiger partial charge in [-0.05, 0) is 29.8 Å². The van der Waals surface area contributed by atoms with E-state index in [9.17, 15) is 0 Å². The van der Waals surface area contributed by atoms with Gasteiger partial charge in [0.1, 0.15) is 4.99 Å². The third kappa shape index (κ3) is 2.32. The number of rotatable bonds is 1. The second-order valence-electron chi connectivity index (χ2n) is 5.05. The van der Waals surface area contributed by atoms with Crippen molar-refractivity contribution in [1.29, 1.82) is 0 Å². The van der Waals surface area contributed by atoms with Crippen LogP contribution in [-0.2, 0) is 6.42 Å². The highest BCUT2D eigenvalue weighted by Crippen LogP contribution is 2.36. The smallest absolute Gasteiger partial charge is 0.231 e. The van der Waals surface area contributed by atoms with Crippen LogP contribution >= 0.6 is 23.8 Å². The minimum atomic E-state index is 0.241. The Morgan fingerprint density at radius 2 is 1.95 bits per heavy atom. The molecule has 0 saturated carbocycles. The van der Waals surface area contributed by atoms with Crippen LogP contribution < -0.4 is 14.9 Å². The van der Waals surface area contributed by atoms with Gasteiger partial charge in [0.25, 0.3) is 0 Å². The first-order chi connectivity index (χ1) is 10.7. The number of thiocarbonyl (C=S) groups is 1. The lowest BCUT2D eigenvalue weighted by atomic mass is 9.95. The normalized spacial score (nSPS) is 15.7. The Balaban J connectivity index is 1.91. The second-order valence-corrected chi connectivity index (χ2v) is 5.97. The van der Waals surface area contributed by atoms with Crippen LogP contribution in [0.1, 0.15) is 16.7 Å². The van der Waals surface area contributed by atoms with E-state index in [2.05, 4.69) is 10.5 Å². The Bertz CT molecular complexity index is 820. The van der Waals surface area contributed by atoms with Gasteiger partial charge in [0.05, 0.1) is 5.71 Å². The lowest BCUT2D eigenvalue weighted by molar-refractivity contribution is 0.174. The standard InChI is InChI=1S/C16H11ClN2O2S/c17-11-3-1-2-9(4-11)16-12-7-14-13(20-8-21-14)5-10(12)6-15(22)18-19-16/h1-5,7H,6,8H2,(H,18,22). The minimum absolute atomic E-state index is 0.241. The molecule has 0 radical (unpaired) electrons. The summed E-state index contributed by atoms with van der Waals surface area (Å²) in [5.74, 6) is 1.47. The number of benzene rings is 2. The molecule has 110 valence electrons. The fourth-order valence-corrected chi connectivity index (χ4v) is 2.99.